The van der Waals surface area contributed by atoms with Gasteiger partial charge in [-0.3, -0.25) is 4.79 Å². The summed E-state index contributed by atoms with van der Waals surface area (Å²) in [6, 6.07) is 5.61. The van der Waals surface area contributed by atoms with E-state index >= 15 is 0 Å². The maximum absolute atomic E-state index is 11.9. The zero-order chi connectivity index (χ0) is 15.3. The molecule has 0 saturated heterocycles. The van der Waals surface area contributed by atoms with Crippen LogP contribution < -0.4 is 15.8 Å². The Morgan fingerprint density at radius 2 is 1.71 bits per heavy atom. The van der Waals surface area contributed by atoms with Gasteiger partial charge in [-0.1, -0.05) is 0 Å². The van der Waals surface area contributed by atoms with Crippen LogP contribution in [0, 0.1) is 0 Å². The molecule has 0 aliphatic rings. The number of nitrogens with one attached hydrogen (secondary N) is 2. The number of rotatable bonds is 6. The summed E-state index contributed by atoms with van der Waals surface area (Å²) in [5.74, 6) is -0.198. The molecule has 0 saturated carbocycles. The molecule has 4 N–H and O–H groups in total. The minimum Gasteiger partial charge on any atom is -0.327 e. The van der Waals surface area contributed by atoms with Crippen LogP contribution in [0.3, 0.4) is 0 Å². The highest BCUT2D eigenvalue weighted by Gasteiger charge is 2.15. The lowest BCUT2D eigenvalue weighted by Gasteiger charge is -2.11. The van der Waals surface area contributed by atoms with Crippen molar-refractivity contribution in [1.82, 2.24) is 4.72 Å². The number of carbonyl (C=O) groups is 1. The Balaban J connectivity index is 0.00000400. The molecule has 120 valence electrons. The van der Waals surface area contributed by atoms with Crippen molar-refractivity contribution in [3.05, 3.63) is 24.3 Å². The number of nitrogens with two attached hydrogens (primary N) is 1. The van der Waals surface area contributed by atoms with Gasteiger partial charge in [-0.25, -0.2) is 13.1 Å². The van der Waals surface area contributed by atoms with Gasteiger partial charge in [-0.15, -0.1) is 12.4 Å². The van der Waals surface area contributed by atoms with Crippen molar-refractivity contribution in [2.24, 2.45) is 5.73 Å². The summed E-state index contributed by atoms with van der Waals surface area (Å²) < 4.78 is 26.3. The first-order valence-corrected chi connectivity index (χ1v) is 7.87. The molecule has 21 heavy (non-hydrogen) atoms. The molecule has 0 fully saturated rings. The number of anilines is 1. The van der Waals surface area contributed by atoms with E-state index in [4.69, 9.17) is 5.73 Å². The zero-order valence-electron chi connectivity index (χ0n) is 12.3. The third kappa shape index (κ3) is 6.90. The van der Waals surface area contributed by atoms with Crippen molar-refractivity contribution in [2.75, 3.05) is 5.32 Å². The van der Waals surface area contributed by atoms with Gasteiger partial charge >= 0.3 is 0 Å². The van der Waals surface area contributed by atoms with Crippen LogP contribution in [-0.4, -0.2) is 26.4 Å². The molecule has 1 rings (SSSR count). The number of carbonyl (C=O) groups excluding carboxylic acids is 1. The number of hydrogen-bond acceptors (Lipinski definition) is 4. The van der Waals surface area contributed by atoms with Gasteiger partial charge in [0.05, 0.1) is 4.90 Å². The summed E-state index contributed by atoms with van der Waals surface area (Å²) in [5.41, 5.74) is 6.07. The summed E-state index contributed by atoms with van der Waals surface area (Å²) in [6.07, 6.45) is 0.217. The molecule has 1 aromatic carbocycles. The first-order valence-electron chi connectivity index (χ1n) is 6.38. The fourth-order valence-electron chi connectivity index (χ4n) is 1.60. The van der Waals surface area contributed by atoms with Gasteiger partial charge in [-0.2, -0.15) is 0 Å². The molecule has 0 aliphatic heterocycles. The molecule has 6 nitrogen and oxygen atoms in total. The topological polar surface area (TPSA) is 101 Å². The van der Waals surface area contributed by atoms with E-state index in [2.05, 4.69) is 10.0 Å². The van der Waals surface area contributed by atoms with E-state index in [1.807, 2.05) is 0 Å². The molecule has 1 aromatic rings. The van der Waals surface area contributed by atoms with Gasteiger partial charge in [0, 0.05) is 24.2 Å². The summed E-state index contributed by atoms with van der Waals surface area (Å²) in [5, 5.41) is 2.66. The van der Waals surface area contributed by atoms with Gasteiger partial charge in [0.15, 0.2) is 0 Å². The zero-order valence-corrected chi connectivity index (χ0v) is 13.9. The van der Waals surface area contributed by atoms with E-state index in [1.165, 1.54) is 12.1 Å². The van der Waals surface area contributed by atoms with Crippen LogP contribution in [-0.2, 0) is 14.8 Å². The van der Waals surface area contributed by atoms with Gasteiger partial charge in [0.1, 0.15) is 0 Å². The normalized spacial score (nSPS) is 12.6. The third-order valence-corrected chi connectivity index (χ3v) is 4.02. The van der Waals surface area contributed by atoms with Gasteiger partial charge in [0.25, 0.3) is 0 Å². The number of amides is 1. The molecule has 0 radical (unpaired) electrons. The van der Waals surface area contributed by atoms with Crippen LogP contribution in [0.1, 0.15) is 27.2 Å². The predicted molar refractivity (Wildman–Crippen MR) is 86.0 cm³/mol. The Labute approximate surface area is 132 Å². The maximum Gasteiger partial charge on any atom is 0.240 e. The van der Waals surface area contributed by atoms with Crippen LogP contribution in [0.5, 0.6) is 0 Å². The molecular weight excluding hydrogens is 314 g/mol. The number of benzene rings is 1. The van der Waals surface area contributed by atoms with Gasteiger partial charge in [-0.05, 0) is 45.0 Å². The van der Waals surface area contributed by atoms with Crippen LogP contribution in [0.4, 0.5) is 5.69 Å². The fraction of sp³-hybridized carbons (Fsp3) is 0.462. The highest BCUT2D eigenvalue weighted by atomic mass is 35.5. The molecule has 1 amide bonds. The van der Waals surface area contributed by atoms with Crippen molar-refractivity contribution < 1.29 is 13.2 Å². The molecule has 8 heteroatoms. The van der Waals surface area contributed by atoms with Crippen LogP contribution in [0.15, 0.2) is 29.2 Å². The molecule has 0 spiro atoms. The Bertz CT molecular complexity index is 557. The predicted octanol–water partition coefficient (Wildman–Crippen LogP) is 1.47. The maximum atomic E-state index is 11.9. The van der Waals surface area contributed by atoms with Gasteiger partial charge in [0.2, 0.25) is 15.9 Å². The minimum atomic E-state index is -3.51. The Hall–Kier alpha value is -1.15. The Morgan fingerprint density at radius 3 is 2.14 bits per heavy atom. The summed E-state index contributed by atoms with van der Waals surface area (Å²) >= 11 is 0. The third-order valence-electron chi connectivity index (χ3n) is 2.35. The van der Waals surface area contributed by atoms with Gasteiger partial charge < -0.3 is 11.1 Å². The van der Waals surface area contributed by atoms with Crippen LogP contribution in [0.25, 0.3) is 0 Å². The summed E-state index contributed by atoms with van der Waals surface area (Å²) in [6.45, 7) is 5.24. The van der Waals surface area contributed by atoms with E-state index < -0.39 is 10.0 Å². The lowest BCUT2D eigenvalue weighted by atomic mass is 10.2. The average molecular weight is 336 g/mol. The molecule has 1 unspecified atom stereocenters. The second-order valence-corrected chi connectivity index (χ2v) is 6.74. The van der Waals surface area contributed by atoms with Crippen molar-refractivity contribution in [1.29, 1.82) is 0 Å². The highest BCUT2D eigenvalue weighted by Crippen LogP contribution is 2.14. The Kier molecular flexibility index (Phi) is 7.87. The first kappa shape index (κ1) is 19.9. The van der Waals surface area contributed by atoms with Crippen molar-refractivity contribution >= 4 is 34.0 Å². The minimum absolute atomic E-state index is 0. The number of halogens is 1. The fourth-order valence-corrected chi connectivity index (χ4v) is 2.85. The second kappa shape index (κ2) is 8.33. The number of hydrogen-bond donors (Lipinski definition) is 3. The average Bonchev–Trinajstić information content (AvgIpc) is 2.26. The van der Waals surface area contributed by atoms with E-state index in [0.717, 1.165) is 0 Å². The molecule has 0 bridgehead atoms. The molecule has 1 atom stereocenters. The lowest BCUT2D eigenvalue weighted by Crippen LogP contribution is -2.30. The lowest BCUT2D eigenvalue weighted by molar-refractivity contribution is -0.116. The smallest absolute Gasteiger partial charge is 0.240 e. The molecular formula is C13H22ClN3O3S. The largest absolute Gasteiger partial charge is 0.327 e. The number of sulfonamides is 1. The van der Waals surface area contributed by atoms with Crippen molar-refractivity contribution in [3.8, 4) is 0 Å². The quantitative estimate of drug-likeness (QED) is 0.732. The van der Waals surface area contributed by atoms with Crippen molar-refractivity contribution in [2.45, 2.75) is 44.2 Å². The Morgan fingerprint density at radius 1 is 1.19 bits per heavy atom. The standard InChI is InChI=1S/C13H21N3O3S.ClH/c1-9(2)16-20(18,19)12-6-4-11(5-7-12)15-13(17)8-10(3)14;/h4-7,9-10,16H,8,14H2,1-3H3,(H,15,17);1H. The van der Waals surface area contributed by atoms with E-state index in [9.17, 15) is 13.2 Å². The van der Waals surface area contributed by atoms with Crippen molar-refractivity contribution in [3.63, 3.8) is 0 Å². The second-order valence-electron chi connectivity index (χ2n) is 5.03. The summed E-state index contributed by atoms with van der Waals surface area (Å²) in [7, 11) is -3.51. The van der Waals surface area contributed by atoms with Crippen LogP contribution >= 0.6 is 12.4 Å². The van der Waals surface area contributed by atoms with E-state index in [0.29, 0.717) is 5.69 Å². The monoisotopic (exact) mass is 335 g/mol. The highest BCUT2D eigenvalue weighted by molar-refractivity contribution is 7.89. The first-order chi connectivity index (χ1) is 9.20. The molecule has 0 aliphatic carbocycles. The molecule has 0 heterocycles. The van der Waals surface area contributed by atoms with E-state index in [1.54, 1.807) is 32.9 Å². The SMILES string of the molecule is CC(N)CC(=O)Nc1ccc(S(=O)(=O)NC(C)C)cc1.Cl. The molecule has 0 aromatic heterocycles. The summed E-state index contributed by atoms with van der Waals surface area (Å²) in [4.78, 5) is 11.7. The van der Waals surface area contributed by atoms with Crippen LogP contribution in [0.2, 0.25) is 0 Å². The van der Waals surface area contributed by atoms with E-state index in [-0.39, 0.29) is 41.7 Å².